The molecule has 5 heteroatoms. The van der Waals surface area contributed by atoms with Gasteiger partial charge in [0.2, 0.25) is 0 Å². The second-order valence-electron chi connectivity index (χ2n) is 5.03. The van der Waals surface area contributed by atoms with Gasteiger partial charge in [0, 0.05) is 18.3 Å². The van der Waals surface area contributed by atoms with E-state index < -0.39 is 0 Å². The summed E-state index contributed by atoms with van der Waals surface area (Å²) in [5, 5.41) is 6.34. The summed E-state index contributed by atoms with van der Waals surface area (Å²) >= 11 is 7.13. The number of nitrogens with one attached hydrogen (secondary N) is 2. The second kappa shape index (κ2) is 5.46. The molecule has 0 aliphatic carbocycles. The number of rotatable bonds is 3. The van der Waals surface area contributed by atoms with Crippen LogP contribution in [0.3, 0.4) is 0 Å². The average molecular weight is 307 g/mol. The molecule has 0 spiro atoms. The summed E-state index contributed by atoms with van der Waals surface area (Å²) in [5.41, 5.74) is 3.65. The molecule has 1 aromatic heterocycles. The fourth-order valence-corrected chi connectivity index (χ4v) is 3.38. The monoisotopic (exact) mass is 306 g/mol. The topological polar surface area (TPSA) is 41.1 Å². The zero-order valence-corrected chi connectivity index (χ0v) is 12.6. The molecule has 1 amide bonds. The van der Waals surface area contributed by atoms with Crippen LogP contribution in [0.2, 0.25) is 4.34 Å². The second-order valence-corrected chi connectivity index (χ2v) is 6.74. The quantitative estimate of drug-likeness (QED) is 0.908. The van der Waals surface area contributed by atoms with Gasteiger partial charge in [-0.05, 0) is 42.7 Å². The number of hydrogen-bond donors (Lipinski definition) is 2. The smallest absolute Gasteiger partial charge is 0.261 e. The van der Waals surface area contributed by atoms with Gasteiger partial charge in [-0.15, -0.1) is 11.3 Å². The molecule has 2 aromatic rings. The predicted molar refractivity (Wildman–Crippen MR) is 83.7 cm³/mol. The Morgan fingerprint density at radius 1 is 1.45 bits per heavy atom. The standard InChI is InChI=1S/C15H15ClN2OS/c1-9-6-11-7-10(2-3-12(11)18-9)8-17-15(19)13-4-5-14(16)20-13/h2-5,7,9,18H,6,8H2,1H3,(H,17,19). The Hall–Kier alpha value is -1.52. The van der Waals surface area contributed by atoms with Crippen molar-refractivity contribution < 1.29 is 4.79 Å². The first-order valence-corrected chi connectivity index (χ1v) is 7.73. The number of amides is 1. The Morgan fingerprint density at radius 2 is 2.30 bits per heavy atom. The Kier molecular flexibility index (Phi) is 3.68. The van der Waals surface area contributed by atoms with Crippen LogP contribution in [0.4, 0.5) is 5.69 Å². The van der Waals surface area contributed by atoms with Gasteiger partial charge in [0.25, 0.3) is 5.91 Å². The molecule has 1 unspecified atom stereocenters. The van der Waals surface area contributed by atoms with Crippen LogP contribution in [-0.2, 0) is 13.0 Å². The molecule has 0 radical (unpaired) electrons. The third-order valence-corrected chi connectivity index (χ3v) is 4.58. The molecule has 2 heterocycles. The lowest BCUT2D eigenvalue weighted by atomic mass is 10.1. The molecular formula is C15H15ClN2OS. The normalized spacial score (nSPS) is 16.6. The lowest BCUT2D eigenvalue weighted by Gasteiger charge is -2.06. The van der Waals surface area contributed by atoms with Crippen molar-refractivity contribution in [1.29, 1.82) is 0 Å². The molecule has 1 aromatic carbocycles. The van der Waals surface area contributed by atoms with E-state index >= 15 is 0 Å². The van der Waals surface area contributed by atoms with Gasteiger partial charge >= 0.3 is 0 Å². The molecule has 1 aliphatic rings. The molecule has 0 fully saturated rings. The third kappa shape index (κ3) is 2.81. The van der Waals surface area contributed by atoms with Gasteiger partial charge in [0.05, 0.1) is 9.21 Å². The van der Waals surface area contributed by atoms with E-state index in [1.807, 2.05) is 6.07 Å². The van der Waals surface area contributed by atoms with Crippen molar-refractivity contribution in [3.8, 4) is 0 Å². The van der Waals surface area contributed by atoms with Gasteiger partial charge in [0.15, 0.2) is 0 Å². The number of carbonyl (C=O) groups excluding carboxylic acids is 1. The number of anilines is 1. The van der Waals surface area contributed by atoms with E-state index in [1.54, 1.807) is 12.1 Å². The fraction of sp³-hybridized carbons (Fsp3) is 0.267. The van der Waals surface area contributed by atoms with Crippen molar-refractivity contribution in [3.05, 3.63) is 50.7 Å². The fourth-order valence-electron chi connectivity index (χ4n) is 2.42. The van der Waals surface area contributed by atoms with Gasteiger partial charge in [-0.25, -0.2) is 0 Å². The Balaban J connectivity index is 1.64. The van der Waals surface area contributed by atoms with E-state index in [0.717, 1.165) is 12.0 Å². The minimum Gasteiger partial charge on any atom is -0.382 e. The van der Waals surface area contributed by atoms with Gasteiger partial charge in [-0.1, -0.05) is 23.7 Å². The number of benzene rings is 1. The maximum atomic E-state index is 11.9. The van der Waals surface area contributed by atoms with E-state index in [2.05, 4.69) is 29.7 Å². The van der Waals surface area contributed by atoms with Crippen molar-refractivity contribution in [2.75, 3.05) is 5.32 Å². The van der Waals surface area contributed by atoms with E-state index in [4.69, 9.17) is 11.6 Å². The van der Waals surface area contributed by atoms with Gasteiger partial charge in [-0.2, -0.15) is 0 Å². The van der Waals surface area contributed by atoms with Crippen LogP contribution >= 0.6 is 22.9 Å². The number of carbonyl (C=O) groups is 1. The number of fused-ring (bicyclic) bond motifs is 1. The van der Waals surface area contributed by atoms with Gasteiger partial charge in [0.1, 0.15) is 0 Å². The van der Waals surface area contributed by atoms with E-state index in [9.17, 15) is 4.79 Å². The summed E-state index contributed by atoms with van der Waals surface area (Å²) in [5.74, 6) is -0.0751. The summed E-state index contributed by atoms with van der Waals surface area (Å²) < 4.78 is 0.632. The SMILES string of the molecule is CC1Cc2cc(CNC(=O)c3ccc(Cl)s3)ccc2N1. The molecular weight excluding hydrogens is 292 g/mol. The molecule has 0 bridgehead atoms. The van der Waals surface area contributed by atoms with Crippen LogP contribution in [0, 0.1) is 0 Å². The molecule has 0 saturated carbocycles. The lowest BCUT2D eigenvalue weighted by Crippen LogP contribution is -2.21. The van der Waals surface area contributed by atoms with Crippen LogP contribution in [0.15, 0.2) is 30.3 Å². The number of halogens is 1. The molecule has 1 aliphatic heterocycles. The largest absolute Gasteiger partial charge is 0.382 e. The first-order chi connectivity index (χ1) is 9.61. The maximum Gasteiger partial charge on any atom is 0.261 e. The van der Waals surface area contributed by atoms with E-state index in [-0.39, 0.29) is 5.91 Å². The van der Waals surface area contributed by atoms with Crippen molar-refractivity contribution in [3.63, 3.8) is 0 Å². The zero-order valence-electron chi connectivity index (χ0n) is 11.1. The summed E-state index contributed by atoms with van der Waals surface area (Å²) in [6.07, 6.45) is 1.04. The molecule has 20 heavy (non-hydrogen) atoms. The summed E-state index contributed by atoms with van der Waals surface area (Å²) in [7, 11) is 0. The summed E-state index contributed by atoms with van der Waals surface area (Å²) in [4.78, 5) is 12.6. The number of hydrogen-bond acceptors (Lipinski definition) is 3. The highest BCUT2D eigenvalue weighted by Gasteiger charge is 2.16. The minimum absolute atomic E-state index is 0.0751. The van der Waals surface area contributed by atoms with E-state index in [1.165, 1.54) is 22.6 Å². The maximum absolute atomic E-state index is 11.9. The zero-order chi connectivity index (χ0) is 14.1. The molecule has 3 rings (SSSR count). The van der Waals surface area contributed by atoms with Crippen molar-refractivity contribution in [2.24, 2.45) is 0 Å². The Morgan fingerprint density at radius 3 is 3.05 bits per heavy atom. The van der Waals surface area contributed by atoms with Gasteiger partial charge < -0.3 is 10.6 Å². The molecule has 3 nitrogen and oxygen atoms in total. The first-order valence-electron chi connectivity index (χ1n) is 6.54. The van der Waals surface area contributed by atoms with Crippen LogP contribution in [-0.4, -0.2) is 11.9 Å². The lowest BCUT2D eigenvalue weighted by molar-refractivity contribution is 0.0955. The molecule has 1 atom stereocenters. The highest BCUT2D eigenvalue weighted by Crippen LogP contribution is 2.26. The van der Waals surface area contributed by atoms with E-state index in [0.29, 0.717) is 21.8 Å². The van der Waals surface area contributed by atoms with Crippen LogP contribution in [0.5, 0.6) is 0 Å². The third-order valence-electron chi connectivity index (χ3n) is 3.35. The Labute approximate surface area is 127 Å². The van der Waals surface area contributed by atoms with Crippen LogP contribution in [0.25, 0.3) is 0 Å². The van der Waals surface area contributed by atoms with Crippen LogP contribution < -0.4 is 10.6 Å². The van der Waals surface area contributed by atoms with Crippen molar-refractivity contribution >= 4 is 34.5 Å². The van der Waals surface area contributed by atoms with Crippen molar-refractivity contribution in [1.82, 2.24) is 5.32 Å². The number of thiophene rings is 1. The molecule has 2 N–H and O–H groups in total. The average Bonchev–Trinajstić information content (AvgIpc) is 3.00. The molecule has 104 valence electrons. The molecule has 0 saturated heterocycles. The minimum atomic E-state index is -0.0751. The Bertz CT molecular complexity index is 653. The summed E-state index contributed by atoms with van der Waals surface area (Å²) in [6, 6.07) is 10.3. The van der Waals surface area contributed by atoms with Crippen LogP contribution in [0.1, 0.15) is 27.7 Å². The predicted octanol–water partition coefficient (Wildman–Crippen LogP) is 3.69. The first kappa shape index (κ1) is 13.5. The highest BCUT2D eigenvalue weighted by molar-refractivity contribution is 7.17. The summed E-state index contributed by atoms with van der Waals surface area (Å²) in [6.45, 7) is 2.71. The highest BCUT2D eigenvalue weighted by atomic mass is 35.5. The van der Waals surface area contributed by atoms with Gasteiger partial charge in [-0.3, -0.25) is 4.79 Å². The van der Waals surface area contributed by atoms with Crippen molar-refractivity contribution in [2.45, 2.75) is 25.9 Å².